The minimum atomic E-state index is -3.14. The minimum absolute atomic E-state index is 0.0421. The number of sulfonamides is 1. The third-order valence-corrected chi connectivity index (χ3v) is 3.64. The lowest BCUT2D eigenvalue weighted by Gasteiger charge is -2.01. The van der Waals surface area contributed by atoms with Crippen LogP contribution in [-0.4, -0.2) is 15.5 Å². The van der Waals surface area contributed by atoms with E-state index in [2.05, 4.69) is 27.3 Å². The third-order valence-electron chi connectivity index (χ3n) is 1.58. The van der Waals surface area contributed by atoms with Crippen LogP contribution >= 0.6 is 22.6 Å². The Kier molecular flexibility index (Phi) is 3.69. The summed E-state index contributed by atoms with van der Waals surface area (Å²) in [6.45, 7) is 0. The average molecular weight is 311 g/mol. The van der Waals surface area contributed by atoms with Gasteiger partial charge in [0, 0.05) is 3.57 Å². The highest BCUT2D eigenvalue weighted by atomic mass is 127. The van der Waals surface area contributed by atoms with Crippen LogP contribution in [0.15, 0.2) is 24.3 Å². The second-order valence-corrected chi connectivity index (χ2v) is 5.76. The molecule has 0 saturated heterocycles. The van der Waals surface area contributed by atoms with E-state index < -0.39 is 10.0 Å². The first kappa shape index (κ1) is 10.9. The molecule has 0 spiro atoms. The molecule has 13 heavy (non-hydrogen) atoms. The predicted molar refractivity (Wildman–Crippen MR) is 60.8 cm³/mol. The van der Waals surface area contributed by atoms with Crippen molar-refractivity contribution in [2.75, 3.05) is 7.05 Å². The highest BCUT2D eigenvalue weighted by Gasteiger charge is 2.07. The Labute approximate surface area is 91.7 Å². The topological polar surface area (TPSA) is 46.2 Å². The third kappa shape index (κ3) is 3.61. The summed E-state index contributed by atoms with van der Waals surface area (Å²) in [7, 11) is -1.72. The maximum absolute atomic E-state index is 11.1. The molecule has 1 N–H and O–H groups in total. The van der Waals surface area contributed by atoms with Crippen molar-refractivity contribution in [3.8, 4) is 0 Å². The van der Waals surface area contributed by atoms with Gasteiger partial charge in [0.25, 0.3) is 0 Å². The summed E-state index contributed by atoms with van der Waals surface area (Å²) in [4.78, 5) is 0. The van der Waals surface area contributed by atoms with Crippen LogP contribution in [0, 0.1) is 3.57 Å². The van der Waals surface area contributed by atoms with Gasteiger partial charge in [-0.15, -0.1) is 0 Å². The predicted octanol–water partition coefficient (Wildman–Crippen LogP) is 1.34. The molecule has 0 bridgehead atoms. The van der Waals surface area contributed by atoms with Crippen molar-refractivity contribution in [3.05, 3.63) is 33.4 Å². The van der Waals surface area contributed by atoms with E-state index in [1.807, 2.05) is 24.3 Å². The molecule has 1 rings (SSSR count). The van der Waals surface area contributed by atoms with Gasteiger partial charge in [-0.3, -0.25) is 0 Å². The van der Waals surface area contributed by atoms with Gasteiger partial charge < -0.3 is 0 Å². The molecule has 0 aliphatic heterocycles. The van der Waals surface area contributed by atoms with Gasteiger partial charge >= 0.3 is 0 Å². The summed E-state index contributed by atoms with van der Waals surface area (Å²) in [6.07, 6.45) is 0. The summed E-state index contributed by atoms with van der Waals surface area (Å²) in [5.74, 6) is 0.0421. The molecule has 0 aliphatic carbocycles. The molecular weight excluding hydrogens is 301 g/mol. The number of hydrogen-bond acceptors (Lipinski definition) is 2. The molecule has 0 fully saturated rings. The lowest BCUT2D eigenvalue weighted by molar-refractivity contribution is 0.587. The Hall–Kier alpha value is -0.140. The Morgan fingerprint density at radius 3 is 2.31 bits per heavy atom. The lowest BCUT2D eigenvalue weighted by Crippen LogP contribution is -2.20. The molecule has 0 aromatic heterocycles. The fraction of sp³-hybridized carbons (Fsp3) is 0.250. The minimum Gasteiger partial charge on any atom is -0.218 e. The molecule has 72 valence electrons. The van der Waals surface area contributed by atoms with E-state index in [0.29, 0.717) is 0 Å². The summed E-state index contributed by atoms with van der Waals surface area (Å²) in [6, 6.07) is 7.41. The zero-order valence-corrected chi connectivity index (χ0v) is 10.1. The van der Waals surface area contributed by atoms with Gasteiger partial charge in [-0.25, -0.2) is 13.1 Å². The molecule has 0 radical (unpaired) electrons. The van der Waals surface area contributed by atoms with E-state index in [1.54, 1.807) is 0 Å². The van der Waals surface area contributed by atoms with E-state index in [0.717, 1.165) is 9.13 Å². The monoisotopic (exact) mass is 311 g/mol. The van der Waals surface area contributed by atoms with Gasteiger partial charge in [-0.1, -0.05) is 12.1 Å². The maximum Gasteiger partial charge on any atom is 0.215 e. The molecule has 0 atom stereocenters. The SMILES string of the molecule is CNS(=O)(=O)Cc1ccc(I)cc1. The number of halogens is 1. The summed E-state index contributed by atoms with van der Waals surface area (Å²) in [5, 5.41) is 0. The summed E-state index contributed by atoms with van der Waals surface area (Å²) in [5.41, 5.74) is 0.801. The molecule has 0 aliphatic rings. The van der Waals surface area contributed by atoms with E-state index in [9.17, 15) is 8.42 Å². The van der Waals surface area contributed by atoms with E-state index in [-0.39, 0.29) is 5.75 Å². The first-order valence-corrected chi connectivity index (χ1v) is 6.42. The van der Waals surface area contributed by atoms with Gasteiger partial charge in [-0.05, 0) is 47.3 Å². The van der Waals surface area contributed by atoms with E-state index >= 15 is 0 Å². The Morgan fingerprint density at radius 1 is 1.31 bits per heavy atom. The molecular formula is C8H10INO2S. The average Bonchev–Trinajstić information content (AvgIpc) is 2.09. The summed E-state index contributed by atoms with van der Waals surface area (Å²) < 4.78 is 25.7. The second kappa shape index (κ2) is 4.39. The lowest BCUT2D eigenvalue weighted by atomic mass is 10.2. The second-order valence-electron chi connectivity index (χ2n) is 2.59. The van der Waals surface area contributed by atoms with Crippen LogP contribution in [0.5, 0.6) is 0 Å². The molecule has 1 aromatic carbocycles. The van der Waals surface area contributed by atoms with Crippen LogP contribution in [-0.2, 0) is 15.8 Å². The van der Waals surface area contributed by atoms with Gasteiger partial charge in [-0.2, -0.15) is 0 Å². The van der Waals surface area contributed by atoms with Crippen molar-refractivity contribution in [2.24, 2.45) is 0 Å². The van der Waals surface area contributed by atoms with Crippen molar-refractivity contribution >= 4 is 32.6 Å². The highest BCUT2D eigenvalue weighted by Crippen LogP contribution is 2.08. The number of hydrogen-bond donors (Lipinski definition) is 1. The zero-order valence-electron chi connectivity index (χ0n) is 7.12. The van der Waals surface area contributed by atoms with Gasteiger partial charge in [0.2, 0.25) is 10.0 Å². The smallest absolute Gasteiger partial charge is 0.215 e. The molecule has 0 saturated carbocycles. The van der Waals surface area contributed by atoms with E-state index in [4.69, 9.17) is 0 Å². The van der Waals surface area contributed by atoms with Crippen LogP contribution in [0.4, 0.5) is 0 Å². The molecule has 5 heteroatoms. The van der Waals surface area contributed by atoms with Crippen LogP contribution in [0.25, 0.3) is 0 Å². The highest BCUT2D eigenvalue weighted by molar-refractivity contribution is 14.1. The maximum atomic E-state index is 11.1. The Morgan fingerprint density at radius 2 is 1.85 bits per heavy atom. The first-order valence-electron chi connectivity index (χ1n) is 3.69. The molecule has 3 nitrogen and oxygen atoms in total. The van der Waals surface area contributed by atoms with Crippen molar-refractivity contribution in [3.63, 3.8) is 0 Å². The quantitative estimate of drug-likeness (QED) is 0.856. The number of nitrogens with one attached hydrogen (secondary N) is 1. The summed E-state index contributed by atoms with van der Waals surface area (Å²) >= 11 is 2.18. The largest absolute Gasteiger partial charge is 0.218 e. The van der Waals surface area contributed by atoms with Crippen molar-refractivity contribution in [2.45, 2.75) is 5.75 Å². The molecule has 0 heterocycles. The van der Waals surface area contributed by atoms with Gasteiger partial charge in [0.15, 0.2) is 0 Å². The first-order chi connectivity index (χ1) is 6.03. The van der Waals surface area contributed by atoms with Crippen LogP contribution in [0.1, 0.15) is 5.56 Å². The fourth-order valence-corrected chi connectivity index (χ4v) is 2.01. The van der Waals surface area contributed by atoms with Crippen molar-refractivity contribution < 1.29 is 8.42 Å². The Balaban J connectivity index is 2.82. The van der Waals surface area contributed by atoms with Crippen molar-refractivity contribution in [1.82, 2.24) is 4.72 Å². The molecule has 1 aromatic rings. The molecule has 0 amide bonds. The molecule has 0 unspecified atom stereocenters. The number of benzene rings is 1. The zero-order chi connectivity index (χ0) is 9.90. The van der Waals surface area contributed by atoms with Gasteiger partial charge in [0.1, 0.15) is 0 Å². The standard InChI is InChI=1S/C8H10INO2S/c1-10-13(11,12)6-7-2-4-8(9)5-3-7/h2-5,10H,6H2,1H3. The van der Waals surface area contributed by atoms with Crippen LogP contribution in [0.3, 0.4) is 0 Å². The van der Waals surface area contributed by atoms with Crippen LogP contribution in [0.2, 0.25) is 0 Å². The van der Waals surface area contributed by atoms with Crippen molar-refractivity contribution in [1.29, 1.82) is 0 Å². The van der Waals surface area contributed by atoms with Crippen LogP contribution < -0.4 is 4.72 Å². The normalized spacial score (nSPS) is 11.5. The fourth-order valence-electron chi connectivity index (χ4n) is 0.872. The number of rotatable bonds is 3. The Bertz CT molecular complexity index is 372. The van der Waals surface area contributed by atoms with Gasteiger partial charge in [0.05, 0.1) is 5.75 Å². The van der Waals surface area contributed by atoms with E-state index in [1.165, 1.54) is 7.05 Å².